The van der Waals surface area contributed by atoms with Crippen molar-refractivity contribution in [1.29, 1.82) is 0 Å². The van der Waals surface area contributed by atoms with Gasteiger partial charge in [0, 0.05) is 18.9 Å². The van der Waals surface area contributed by atoms with Crippen molar-refractivity contribution < 1.29 is 14.1 Å². The first-order chi connectivity index (χ1) is 11.2. The minimum Gasteiger partial charge on any atom is -0.399 e. The van der Waals surface area contributed by atoms with Gasteiger partial charge in [-0.15, -0.1) is 0 Å². The molecule has 0 unspecified atom stereocenters. The average Bonchev–Trinajstić information content (AvgIpc) is 3.01. The van der Waals surface area contributed by atoms with Crippen LogP contribution in [0.3, 0.4) is 0 Å². The lowest BCUT2D eigenvalue weighted by Crippen LogP contribution is -2.41. The quantitative estimate of drug-likeness (QED) is 0.876. The van der Waals surface area contributed by atoms with Gasteiger partial charge in [-0.25, -0.2) is 4.98 Å². The summed E-state index contributed by atoms with van der Waals surface area (Å²) < 4.78 is 13.8. The monoisotopic (exact) mass is 327 g/mol. The fourth-order valence-corrected chi connectivity index (χ4v) is 2.43. The number of aromatic nitrogens is 2. The molecule has 1 amide bonds. The zero-order valence-electron chi connectivity index (χ0n) is 14.7. The summed E-state index contributed by atoms with van der Waals surface area (Å²) in [6.07, 6.45) is 3.27. The Bertz CT molecular complexity index is 737. The highest BCUT2D eigenvalue weighted by Gasteiger charge is 2.51. The van der Waals surface area contributed by atoms with Crippen LogP contribution in [-0.2, 0) is 16.4 Å². The molecule has 1 N–H and O–H groups in total. The van der Waals surface area contributed by atoms with E-state index in [0.717, 1.165) is 5.46 Å². The maximum absolute atomic E-state index is 12.1. The number of carbonyl (C=O) groups excluding carboxylic acids is 1. The number of hydrogen-bond acceptors (Lipinski definition) is 4. The molecule has 2 heterocycles. The molecule has 2 aromatic rings. The van der Waals surface area contributed by atoms with Gasteiger partial charge in [0.25, 0.3) is 5.91 Å². The van der Waals surface area contributed by atoms with E-state index in [1.165, 1.54) is 0 Å². The van der Waals surface area contributed by atoms with Crippen LogP contribution in [0.1, 0.15) is 38.2 Å². The molecule has 0 atom stereocenters. The molecule has 24 heavy (non-hydrogen) atoms. The molecular formula is C17H22BN3O3. The first-order valence-electron chi connectivity index (χ1n) is 7.93. The Hall–Kier alpha value is -2.12. The smallest absolute Gasteiger partial charge is 0.399 e. The summed E-state index contributed by atoms with van der Waals surface area (Å²) in [7, 11) is 1.42. The van der Waals surface area contributed by atoms with E-state index in [0.29, 0.717) is 11.4 Å². The molecule has 0 radical (unpaired) electrons. The summed E-state index contributed by atoms with van der Waals surface area (Å²) in [4.78, 5) is 16.1. The Kier molecular flexibility index (Phi) is 4.01. The highest BCUT2D eigenvalue weighted by atomic mass is 16.7. The maximum Gasteiger partial charge on any atom is 0.494 e. The van der Waals surface area contributed by atoms with Gasteiger partial charge in [0.1, 0.15) is 5.69 Å². The average molecular weight is 327 g/mol. The van der Waals surface area contributed by atoms with Crippen LogP contribution in [0.4, 0.5) is 5.69 Å². The summed E-state index contributed by atoms with van der Waals surface area (Å²) >= 11 is 0. The minimum absolute atomic E-state index is 0.237. The Morgan fingerprint density at radius 1 is 1.12 bits per heavy atom. The number of aryl methyl sites for hydroxylation is 1. The van der Waals surface area contributed by atoms with E-state index in [1.807, 2.05) is 59.0 Å². The number of carbonyl (C=O) groups is 1. The van der Waals surface area contributed by atoms with Crippen molar-refractivity contribution in [2.24, 2.45) is 7.05 Å². The van der Waals surface area contributed by atoms with Crippen LogP contribution in [-0.4, -0.2) is 33.8 Å². The summed E-state index contributed by atoms with van der Waals surface area (Å²) in [5, 5.41) is 2.83. The number of hydrogen-bond donors (Lipinski definition) is 1. The van der Waals surface area contributed by atoms with Gasteiger partial charge >= 0.3 is 7.12 Å². The molecule has 3 rings (SSSR count). The third-order valence-corrected chi connectivity index (χ3v) is 4.63. The second-order valence-corrected chi connectivity index (χ2v) is 7.09. The van der Waals surface area contributed by atoms with Crippen LogP contribution >= 0.6 is 0 Å². The molecule has 1 aromatic heterocycles. The Balaban J connectivity index is 1.69. The van der Waals surface area contributed by atoms with Crippen molar-refractivity contribution >= 4 is 24.2 Å². The van der Waals surface area contributed by atoms with Crippen molar-refractivity contribution in [2.75, 3.05) is 5.32 Å². The van der Waals surface area contributed by atoms with Crippen LogP contribution in [0.2, 0.25) is 0 Å². The predicted octanol–water partition coefficient (Wildman–Crippen LogP) is 1.97. The van der Waals surface area contributed by atoms with Crippen LogP contribution in [0.5, 0.6) is 0 Å². The standard InChI is InChI=1S/C17H22BN3O3/c1-16(2)17(3,4)24-18(23-16)12-6-8-13(9-7-12)20-15(22)14-10-21(5)11-19-14/h6-11H,1-5H3,(H,20,22). The molecule has 0 aliphatic carbocycles. The van der Waals surface area contributed by atoms with Gasteiger partial charge in [0.2, 0.25) is 0 Å². The molecular weight excluding hydrogens is 305 g/mol. The molecule has 6 nitrogen and oxygen atoms in total. The van der Waals surface area contributed by atoms with Crippen LogP contribution in [0.15, 0.2) is 36.8 Å². The fourth-order valence-electron chi connectivity index (χ4n) is 2.43. The number of amides is 1. The molecule has 7 heteroatoms. The molecule has 1 saturated heterocycles. The zero-order chi connectivity index (χ0) is 17.5. The number of anilines is 1. The maximum atomic E-state index is 12.1. The predicted molar refractivity (Wildman–Crippen MR) is 93.3 cm³/mol. The number of imidazole rings is 1. The first-order valence-corrected chi connectivity index (χ1v) is 7.93. The van der Waals surface area contributed by atoms with Gasteiger partial charge in [-0.3, -0.25) is 4.79 Å². The van der Waals surface area contributed by atoms with Gasteiger partial charge in [0.15, 0.2) is 0 Å². The third kappa shape index (κ3) is 3.09. The van der Waals surface area contributed by atoms with E-state index >= 15 is 0 Å². The SMILES string of the molecule is Cn1cnc(C(=O)Nc2ccc(B3OC(C)(C)C(C)(C)O3)cc2)c1. The number of benzene rings is 1. The van der Waals surface area contributed by atoms with Crippen LogP contribution in [0, 0.1) is 0 Å². The van der Waals surface area contributed by atoms with Crippen molar-refractivity contribution in [2.45, 2.75) is 38.9 Å². The molecule has 1 aliphatic heterocycles. The molecule has 1 fully saturated rings. The second-order valence-electron chi connectivity index (χ2n) is 7.09. The van der Waals surface area contributed by atoms with E-state index in [-0.39, 0.29) is 17.1 Å². The zero-order valence-corrected chi connectivity index (χ0v) is 14.7. The lowest BCUT2D eigenvalue weighted by atomic mass is 9.79. The second kappa shape index (κ2) is 5.75. The van der Waals surface area contributed by atoms with E-state index in [1.54, 1.807) is 17.1 Å². The highest BCUT2D eigenvalue weighted by molar-refractivity contribution is 6.62. The molecule has 126 valence electrons. The number of rotatable bonds is 3. The van der Waals surface area contributed by atoms with Crippen molar-refractivity contribution in [3.8, 4) is 0 Å². The molecule has 0 spiro atoms. The molecule has 0 bridgehead atoms. The van der Waals surface area contributed by atoms with E-state index in [2.05, 4.69) is 10.3 Å². The van der Waals surface area contributed by atoms with E-state index < -0.39 is 7.12 Å². The van der Waals surface area contributed by atoms with Crippen molar-refractivity contribution in [3.05, 3.63) is 42.5 Å². The highest BCUT2D eigenvalue weighted by Crippen LogP contribution is 2.36. The van der Waals surface area contributed by atoms with Gasteiger partial charge in [-0.2, -0.15) is 0 Å². The largest absolute Gasteiger partial charge is 0.494 e. The fraction of sp³-hybridized carbons (Fsp3) is 0.412. The Morgan fingerprint density at radius 2 is 1.71 bits per heavy atom. The molecule has 1 aliphatic rings. The number of nitrogens with zero attached hydrogens (tertiary/aromatic N) is 2. The Morgan fingerprint density at radius 3 is 2.21 bits per heavy atom. The summed E-state index contributed by atoms with van der Waals surface area (Å²) in [5.41, 5.74) is 1.26. The van der Waals surface area contributed by atoms with Crippen molar-refractivity contribution in [3.63, 3.8) is 0 Å². The lowest BCUT2D eigenvalue weighted by molar-refractivity contribution is 0.00578. The van der Waals surface area contributed by atoms with Gasteiger partial charge < -0.3 is 19.2 Å². The summed E-state index contributed by atoms with van der Waals surface area (Å²) in [5.74, 6) is -0.237. The van der Waals surface area contributed by atoms with E-state index in [9.17, 15) is 4.79 Å². The summed E-state index contributed by atoms with van der Waals surface area (Å²) in [6.45, 7) is 8.09. The van der Waals surface area contributed by atoms with Gasteiger partial charge in [-0.05, 0) is 45.3 Å². The first kappa shape index (κ1) is 16.7. The minimum atomic E-state index is -0.407. The molecule has 1 aromatic carbocycles. The number of nitrogens with one attached hydrogen (secondary N) is 1. The van der Waals surface area contributed by atoms with Crippen LogP contribution < -0.4 is 10.8 Å². The summed E-state index contributed by atoms with van der Waals surface area (Å²) in [6, 6.07) is 7.47. The molecule has 0 saturated carbocycles. The van der Waals surface area contributed by atoms with Gasteiger partial charge in [0.05, 0.1) is 17.5 Å². The third-order valence-electron chi connectivity index (χ3n) is 4.63. The van der Waals surface area contributed by atoms with Crippen molar-refractivity contribution in [1.82, 2.24) is 9.55 Å². The van der Waals surface area contributed by atoms with Crippen LogP contribution in [0.25, 0.3) is 0 Å². The van der Waals surface area contributed by atoms with Gasteiger partial charge in [-0.1, -0.05) is 12.1 Å². The Labute approximate surface area is 142 Å². The lowest BCUT2D eigenvalue weighted by Gasteiger charge is -2.32. The topological polar surface area (TPSA) is 65.4 Å². The van der Waals surface area contributed by atoms with E-state index in [4.69, 9.17) is 9.31 Å². The normalized spacial score (nSPS) is 18.6.